The van der Waals surface area contributed by atoms with Crippen molar-refractivity contribution in [3.05, 3.63) is 73.1 Å². The topological polar surface area (TPSA) is 96.6 Å². The number of nitrogen functional groups attached to an aromatic ring is 1. The molecule has 3 heterocycles. The van der Waals surface area contributed by atoms with Crippen LogP contribution in [0.5, 0.6) is 11.5 Å². The lowest BCUT2D eigenvalue weighted by atomic mass is 9.96. The van der Waals surface area contributed by atoms with Crippen LogP contribution >= 0.6 is 0 Å². The van der Waals surface area contributed by atoms with Crippen molar-refractivity contribution in [2.24, 2.45) is 5.92 Å². The zero-order valence-corrected chi connectivity index (χ0v) is 21.3. The lowest BCUT2D eigenvalue weighted by Crippen LogP contribution is -2.48. The number of ether oxygens (including phenoxy) is 1. The molecule has 0 bridgehead atoms. The first kappa shape index (κ1) is 25.7. The Morgan fingerprint density at radius 1 is 1.05 bits per heavy atom. The SMILES string of the molecule is Nc1ncnc(NCC2CCN(C(=O)C=CCN3CC(F)C3)CC2)c1-c1ccc(Oc2ccccc2)cc1. The molecule has 2 aromatic carbocycles. The van der Waals surface area contributed by atoms with Gasteiger partial charge in [0.1, 0.15) is 35.6 Å². The third-order valence-electron chi connectivity index (χ3n) is 7.02. The van der Waals surface area contributed by atoms with Gasteiger partial charge in [0.15, 0.2) is 0 Å². The van der Waals surface area contributed by atoms with Gasteiger partial charge in [0.05, 0.1) is 5.56 Å². The molecule has 2 saturated heterocycles. The summed E-state index contributed by atoms with van der Waals surface area (Å²) in [6, 6.07) is 17.3. The predicted molar refractivity (Wildman–Crippen MR) is 147 cm³/mol. The van der Waals surface area contributed by atoms with E-state index in [2.05, 4.69) is 15.3 Å². The Balaban J connectivity index is 1.14. The van der Waals surface area contributed by atoms with Crippen LogP contribution in [-0.2, 0) is 4.79 Å². The van der Waals surface area contributed by atoms with E-state index in [-0.39, 0.29) is 5.91 Å². The maximum absolute atomic E-state index is 12.9. The third-order valence-corrected chi connectivity index (χ3v) is 7.02. The van der Waals surface area contributed by atoms with E-state index in [1.807, 2.05) is 70.5 Å². The zero-order valence-electron chi connectivity index (χ0n) is 21.3. The number of alkyl halides is 1. The number of hydrogen-bond donors (Lipinski definition) is 2. The molecule has 198 valence electrons. The molecular formula is C29H33FN6O2. The van der Waals surface area contributed by atoms with Crippen LogP contribution in [-0.4, -0.2) is 71.1 Å². The van der Waals surface area contributed by atoms with E-state index in [1.54, 1.807) is 6.08 Å². The lowest BCUT2D eigenvalue weighted by Gasteiger charge is -2.33. The molecule has 0 radical (unpaired) electrons. The average Bonchev–Trinajstić information content (AvgIpc) is 2.92. The van der Waals surface area contributed by atoms with Crippen LogP contribution in [0, 0.1) is 5.92 Å². The summed E-state index contributed by atoms with van der Waals surface area (Å²) >= 11 is 0. The fourth-order valence-corrected chi connectivity index (χ4v) is 4.79. The van der Waals surface area contributed by atoms with Crippen LogP contribution in [0.2, 0.25) is 0 Å². The average molecular weight is 517 g/mol. The number of amides is 1. The number of rotatable bonds is 9. The predicted octanol–water partition coefficient (Wildman–Crippen LogP) is 4.38. The van der Waals surface area contributed by atoms with E-state index in [0.717, 1.165) is 42.0 Å². The van der Waals surface area contributed by atoms with Gasteiger partial charge < -0.3 is 20.7 Å². The molecule has 8 nitrogen and oxygen atoms in total. The largest absolute Gasteiger partial charge is 0.457 e. The van der Waals surface area contributed by atoms with Gasteiger partial charge in [-0.05, 0) is 48.6 Å². The highest BCUT2D eigenvalue weighted by atomic mass is 19.1. The molecule has 5 rings (SSSR count). The normalized spacial score (nSPS) is 16.9. The van der Waals surface area contributed by atoms with E-state index in [9.17, 15) is 9.18 Å². The number of piperidine rings is 1. The number of carbonyl (C=O) groups is 1. The maximum Gasteiger partial charge on any atom is 0.246 e. The van der Waals surface area contributed by atoms with Gasteiger partial charge in [0.2, 0.25) is 5.91 Å². The number of carbonyl (C=O) groups excluding carboxylic acids is 1. The Kier molecular flexibility index (Phi) is 8.13. The zero-order chi connectivity index (χ0) is 26.3. The van der Waals surface area contributed by atoms with Gasteiger partial charge in [0.25, 0.3) is 0 Å². The van der Waals surface area contributed by atoms with Gasteiger partial charge in [-0.1, -0.05) is 36.4 Å². The van der Waals surface area contributed by atoms with Gasteiger partial charge >= 0.3 is 0 Å². The molecule has 2 aliphatic rings. The smallest absolute Gasteiger partial charge is 0.246 e. The number of para-hydroxylation sites is 1. The Bertz CT molecular complexity index is 1240. The van der Waals surface area contributed by atoms with E-state index in [4.69, 9.17) is 10.5 Å². The van der Waals surface area contributed by atoms with Crippen molar-refractivity contribution >= 4 is 17.5 Å². The monoisotopic (exact) mass is 516 g/mol. The summed E-state index contributed by atoms with van der Waals surface area (Å²) in [4.78, 5) is 25.0. The summed E-state index contributed by atoms with van der Waals surface area (Å²) in [5.41, 5.74) is 7.92. The van der Waals surface area contributed by atoms with Crippen LogP contribution in [0.1, 0.15) is 12.8 Å². The number of nitrogens with one attached hydrogen (secondary N) is 1. The number of hydrogen-bond acceptors (Lipinski definition) is 7. The number of halogens is 1. The number of aromatic nitrogens is 2. The summed E-state index contributed by atoms with van der Waals surface area (Å²) < 4.78 is 18.8. The van der Waals surface area contributed by atoms with E-state index in [0.29, 0.717) is 50.3 Å². The molecule has 0 unspecified atom stereocenters. The standard InChI is InChI=1S/C29H33FN6O2/c30-23-18-35(19-23)14-4-7-26(37)36-15-12-21(13-16-36)17-32-29-27(28(31)33-20-34-29)22-8-10-25(11-9-22)38-24-5-2-1-3-6-24/h1-11,20-21,23H,12-19H2,(H3,31,32,33,34). The van der Waals surface area contributed by atoms with Crippen molar-refractivity contribution < 1.29 is 13.9 Å². The molecule has 0 aliphatic carbocycles. The molecule has 0 saturated carbocycles. The molecule has 1 aromatic heterocycles. The molecule has 3 aromatic rings. The molecule has 0 spiro atoms. The minimum atomic E-state index is -0.721. The quantitative estimate of drug-likeness (QED) is 0.408. The Morgan fingerprint density at radius 2 is 1.76 bits per heavy atom. The molecule has 2 aliphatic heterocycles. The van der Waals surface area contributed by atoms with E-state index < -0.39 is 6.17 Å². The second-order valence-corrected chi connectivity index (χ2v) is 9.79. The highest BCUT2D eigenvalue weighted by molar-refractivity contribution is 5.87. The van der Waals surface area contributed by atoms with Crippen molar-refractivity contribution in [2.75, 3.05) is 50.3 Å². The fourth-order valence-electron chi connectivity index (χ4n) is 4.79. The first-order valence-corrected chi connectivity index (χ1v) is 13.0. The van der Waals surface area contributed by atoms with Gasteiger partial charge in [-0.15, -0.1) is 0 Å². The molecule has 9 heteroatoms. The van der Waals surface area contributed by atoms with Crippen molar-refractivity contribution in [3.8, 4) is 22.6 Å². The minimum absolute atomic E-state index is 0.0271. The number of nitrogens with zero attached hydrogens (tertiary/aromatic N) is 4. The molecular weight excluding hydrogens is 483 g/mol. The summed E-state index contributed by atoms with van der Waals surface area (Å²) in [6.07, 6.45) is 6.02. The number of benzene rings is 2. The van der Waals surface area contributed by atoms with Crippen molar-refractivity contribution in [1.29, 1.82) is 0 Å². The second-order valence-electron chi connectivity index (χ2n) is 9.79. The molecule has 1 amide bonds. The van der Waals surface area contributed by atoms with Gasteiger partial charge in [0, 0.05) is 45.3 Å². The van der Waals surface area contributed by atoms with E-state index >= 15 is 0 Å². The lowest BCUT2D eigenvalue weighted by molar-refractivity contribution is -0.127. The summed E-state index contributed by atoms with van der Waals surface area (Å²) in [7, 11) is 0. The Morgan fingerprint density at radius 3 is 2.47 bits per heavy atom. The van der Waals surface area contributed by atoms with Crippen LogP contribution in [0.3, 0.4) is 0 Å². The highest BCUT2D eigenvalue weighted by Gasteiger charge is 2.25. The Labute approximate surface area is 222 Å². The van der Waals surface area contributed by atoms with Crippen LogP contribution in [0.4, 0.5) is 16.0 Å². The van der Waals surface area contributed by atoms with Gasteiger partial charge in [-0.25, -0.2) is 14.4 Å². The van der Waals surface area contributed by atoms with Crippen LogP contribution < -0.4 is 15.8 Å². The van der Waals surface area contributed by atoms with Crippen LogP contribution in [0.25, 0.3) is 11.1 Å². The van der Waals surface area contributed by atoms with Crippen molar-refractivity contribution in [2.45, 2.75) is 19.0 Å². The van der Waals surface area contributed by atoms with Gasteiger partial charge in [-0.2, -0.15) is 0 Å². The fraction of sp³-hybridized carbons (Fsp3) is 0.345. The first-order chi connectivity index (χ1) is 18.5. The maximum atomic E-state index is 12.9. The molecule has 2 fully saturated rings. The van der Waals surface area contributed by atoms with E-state index in [1.165, 1.54) is 6.33 Å². The minimum Gasteiger partial charge on any atom is -0.457 e. The number of likely N-dealkylation sites (tertiary alicyclic amines) is 2. The summed E-state index contributed by atoms with van der Waals surface area (Å²) in [5, 5.41) is 3.47. The van der Waals surface area contributed by atoms with Gasteiger partial charge in [-0.3, -0.25) is 9.69 Å². The number of nitrogens with two attached hydrogens (primary N) is 1. The Hall–Kier alpha value is -3.98. The second kappa shape index (κ2) is 12.0. The molecule has 38 heavy (non-hydrogen) atoms. The number of anilines is 2. The molecule has 3 N–H and O–H groups in total. The molecule has 0 atom stereocenters. The summed E-state index contributed by atoms with van der Waals surface area (Å²) in [6.45, 7) is 3.71. The van der Waals surface area contributed by atoms with Crippen LogP contribution in [0.15, 0.2) is 73.1 Å². The third kappa shape index (κ3) is 6.47. The highest BCUT2D eigenvalue weighted by Crippen LogP contribution is 2.33. The van der Waals surface area contributed by atoms with Crippen molar-refractivity contribution in [1.82, 2.24) is 19.8 Å². The van der Waals surface area contributed by atoms with Crippen molar-refractivity contribution in [3.63, 3.8) is 0 Å². The summed E-state index contributed by atoms with van der Waals surface area (Å²) in [5.74, 6) is 3.05. The first-order valence-electron chi connectivity index (χ1n) is 13.0.